The Morgan fingerprint density at radius 3 is 2.28 bits per heavy atom. The number of β-amino-alcohol motifs (C(OH)–C–C–N with tert-alkyl or cyclic N) is 1. The zero-order chi connectivity index (χ0) is 21.6. The summed E-state index contributed by atoms with van der Waals surface area (Å²) in [4.78, 5) is 0. The van der Waals surface area contributed by atoms with Crippen molar-refractivity contribution in [2.24, 2.45) is 0 Å². The fourth-order valence-corrected chi connectivity index (χ4v) is 2.80. The molecule has 1 atom stereocenters. The third-order valence-corrected chi connectivity index (χ3v) is 4.34. The molecule has 1 unspecified atom stereocenters. The molecular weight excluding hydrogens is 387 g/mol. The van der Waals surface area contributed by atoms with Crippen LogP contribution in [0.1, 0.15) is 19.4 Å². The van der Waals surface area contributed by atoms with E-state index in [2.05, 4.69) is 10.1 Å². The van der Waals surface area contributed by atoms with Crippen molar-refractivity contribution in [1.82, 2.24) is 5.32 Å². The van der Waals surface area contributed by atoms with Crippen LogP contribution in [0.4, 0.5) is 13.2 Å². The quantitative estimate of drug-likeness (QED) is 0.584. The lowest BCUT2D eigenvalue weighted by atomic mass is 9.94. The molecule has 0 fully saturated rings. The Morgan fingerprint density at radius 1 is 1.03 bits per heavy atom. The number of hydrogen-bond acceptors (Lipinski definition) is 5. The number of methoxy groups -OCH3 is 2. The van der Waals surface area contributed by atoms with Crippen molar-refractivity contribution in [2.75, 3.05) is 27.4 Å². The van der Waals surface area contributed by atoms with E-state index in [1.54, 1.807) is 7.11 Å². The van der Waals surface area contributed by atoms with Gasteiger partial charge in [0, 0.05) is 18.2 Å². The van der Waals surface area contributed by atoms with Crippen molar-refractivity contribution in [3.63, 3.8) is 0 Å². The summed E-state index contributed by atoms with van der Waals surface area (Å²) in [6, 6.07) is 8.25. The SMILES string of the molecule is COc1ccc(CC(C)(C)NCC(O)COc2cc(F)c(F)c(OC)c2F)cc1. The van der Waals surface area contributed by atoms with Crippen molar-refractivity contribution in [1.29, 1.82) is 0 Å². The summed E-state index contributed by atoms with van der Waals surface area (Å²) in [6.45, 7) is 3.80. The number of nitrogens with one attached hydrogen (secondary N) is 1. The summed E-state index contributed by atoms with van der Waals surface area (Å²) in [5.41, 5.74) is 0.747. The van der Waals surface area contributed by atoms with Gasteiger partial charge in [0.15, 0.2) is 17.3 Å². The molecule has 0 aliphatic carbocycles. The minimum Gasteiger partial charge on any atom is -0.497 e. The molecule has 0 aromatic heterocycles. The zero-order valence-corrected chi connectivity index (χ0v) is 16.9. The normalized spacial score (nSPS) is 12.6. The van der Waals surface area contributed by atoms with Crippen molar-refractivity contribution < 1.29 is 32.5 Å². The minimum atomic E-state index is -1.43. The lowest BCUT2D eigenvalue weighted by Gasteiger charge is -2.28. The summed E-state index contributed by atoms with van der Waals surface area (Å²) >= 11 is 0. The van der Waals surface area contributed by atoms with Crippen LogP contribution in [0.5, 0.6) is 17.2 Å². The molecule has 2 N–H and O–H groups in total. The van der Waals surface area contributed by atoms with Crippen molar-refractivity contribution in [3.8, 4) is 17.2 Å². The Balaban J connectivity index is 1.89. The molecule has 0 saturated carbocycles. The second-order valence-electron chi connectivity index (χ2n) is 7.27. The third-order valence-electron chi connectivity index (χ3n) is 4.34. The fourth-order valence-electron chi connectivity index (χ4n) is 2.80. The summed E-state index contributed by atoms with van der Waals surface area (Å²) in [7, 11) is 2.63. The molecular formula is C21H26F3NO4. The first-order valence-electron chi connectivity index (χ1n) is 9.07. The van der Waals surface area contributed by atoms with Gasteiger partial charge in [0.2, 0.25) is 11.6 Å². The minimum absolute atomic E-state index is 0.158. The Morgan fingerprint density at radius 2 is 1.69 bits per heavy atom. The summed E-state index contributed by atoms with van der Waals surface area (Å²) in [5.74, 6) is -4.52. The third kappa shape index (κ3) is 6.27. The van der Waals surface area contributed by atoms with Gasteiger partial charge in [0.25, 0.3) is 0 Å². The molecule has 0 aliphatic heterocycles. The molecule has 0 bridgehead atoms. The molecule has 5 nitrogen and oxygen atoms in total. The van der Waals surface area contributed by atoms with E-state index in [-0.39, 0.29) is 18.7 Å². The predicted molar refractivity (Wildman–Crippen MR) is 103 cm³/mol. The van der Waals surface area contributed by atoms with Crippen LogP contribution in [0.2, 0.25) is 0 Å². The number of aliphatic hydroxyl groups excluding tert-OH is 1. The van der Waals surface area contributed by atoms with E-state index in [9.17, 15) is 18.3 Å². The molecule has 0 spiro atoms. The second kappa shape index (κ2) is 9.84. The van der Waals surface area contributed by atoms with Crippen LogP contribution >= 0.6 is 0 Å². The average molecular weight is 413 g/mol. The van der Waals surface area contributed by atoms with Crippen LogP contribution in [-0.2, 0) is 6.42 Å². The standard InChI is InChI=1S/C21H26F3NO4/c1-21(2,10-13-5-7-15(27-3)8-6-13)25-11-14(26)12-29-17-9-16(22)18(23)20(28-4)19(17)24/h5-9,14,25-26H,10-12H2,1-4H3. The van der Waals surface area contributed by atoms with E-state index in [1.807, 2.05) is 38.1 Å². The number of ether oxygens (including phenoxy) is 3. The Kier molecular flexibility index (Phi) is 7.75. The van der Waals surface area contributed by atoms with Gasteiger partial charge in [-0.15, -0.1) is 0 Å². The summed E-state index contributed by atoms with van der Waals surface area (Å²) in [6.07, 6.45) is -0.303. The highest BCUT2D eigenvalue weighted by molar-refractivity contribution is 5.38. The molecule has 0 saturated heterocycles. The van der Waals surface area contributed by atoms with Gasteiger partial charge >= 0.3 is 0 Å². The molecule has 0 aliphatic rings. The van der Waals surface area contributed by atoms with Crippen molar-refractivity contribution in [2.45, 2.75) is 31.9 Å². The maximum absolute atomic E-state index is 14.1. The molecule has 2 rings (SSSR count). The largest absolute Gasteiger partial charge is 0.497 e. The van der Waals surface area contributed by atoms with Crippen LogP contribution in [-0.4, -0.2) is 44.1 Å². The summed E-state index contributed by atoms with van der Waals surface area (Å²) in [5, 5.41) is 13.3. The second-order valence-corrected chi connectivity index (χ2v) is 7.27. The van der Waals surface area contributed by atoms with E-state index in [0.29, 0.717) is 12.5 Å². The molecule has 0 radical (unpaired) electrons. The number of aliphatic hydroxyl groups is 1. The Labute approximate surface area is 168 Å². The monoisotopic (exact) mass is 413 g/mol. The maximum atomic E-state index is 14.1. The van der Waals surface area contributed by atoms with Gasteiger partial charge in [0.1, 0.15) is 18.5 Å². The lowest BCUT2D eigenvalue weighted by Crippen LogP contribution is -2.46. The van der Waals surface area contributed by atoms with Gasteiger partial charge in [-0.25, -0.2) is 4.39 Å². The van der Waals surface area contributed by atoms with Crippen LogP contribution in [0.15, 0.2) is 30.3 Å². The van der Waals surface area contributed by atoms with Crippen molar-refractivity contribution >= 4 is 0 Å². The van der Waals surface area contributed by atoms with Crippen LogP contribution < -0.4 is 19.5 Å². The highest BCUT2D eigenvalue weighted by atomic mass is 19.2. The van der Waals surface area contributed by atoms with Gasteiger partial charge in [-0.2, -0.15) is 8.78 Å². The highest BCUT2D eigenvalue weighted by Crippen LogP contribution is 2.31. The van der Waals surface area contributed by atoms with Crippen molar-refractivity contribution in [3.05, 3.63) is 53.3 Å². The predicted octanol–water partition coefficient (Wildman–Crippen LogP) is 3.47. The van der Waals surface area contributed by atoms with Gasteiger partial charge in [-0.1, -0.05) is 12.1 Å². The highest BCUT2D eigenvalue weighted by Gasteiger charge is 2.22. The Hall–Kier alpha value is -2.45. The molecule has 2 aromatic rings. The van der Waals surface area contributed by atoms with E-state index in [1.165, 1.54) is 0 Å². The van der Waals surface area contributed by atoms with Crippen LogP contribution in [0, 0.1) is 17.5 Å². The molecule has 29 heavy (non-hydrogen) atoms. The molecule has 2 aromatic carbocycles. The van der Waals surface area contributed by atoms with E-state index >= 15 is 0 Å². The number of benzene rings is 2. The van der Waals surface area contributed by atoms with E-state index < -0.39 is 35.1 Å². The van der Waals surface area contributed by atoms with Gasteiger partial charge in [-0.05, 0) is 38.0 Å². The first-order chi connectivity index (χ1) is 13.7. The van der Waals surface area contributed by atoms with E-state index in [0.717, 1.165) is 18.4 Å². The Bertz CT molecular complexity index is 813. The summed E-state index contributed by atoms with van der Waals surface area (Å²) < 4.78 is 55.8. The first-order valence-corrected chi connectivity index (χ1v) is 9.07. The molecule has 160 valence electrons. The molecule has 0 heterocycles. The van der Waals surface area contributed by atoms with E-state index in [4.69, 9.17) is 9.47 Å². The zero-order valence-electron chi connectivity index (χ0n) is 16.9. The lowest BCUT2D eigenvalue weighted by molar-refractivity contribution is 0.0960. The molecule has 0 amide bonds. The van der Waals surface area contributed by atoms with Crippen LogP contribution in [0.25, 0.3) is 0 Å². The van der Waals surface area contributed by atoms with Gasteiger partial charge < -0.3 is 24.6 Å². The smallest absolute Gasteiger partial charge is 0.210 e. The maximum Gasteiger partial charge on any atom is 0.210 e. The number of hydrogen-bond donors (Lipinski definition) is 2. The fraction of sp³-hybridized carbons (Fsp3) is 0.429. The topological polar surface area (TPSA) is 60.0 Å². The first kappa shape index (κ1) is 22.8. The van der Waals surface area contributed by atoms with Gasteiger partial charge in [-0.3, -0.25) is 0 Å². The number of rotatable bonds is 10. The average Bonchev–Trinajstić information content (AvgIpc) is 2.69. The van der Waals surface area contributed by atoms with Crippen LogP contribution in [0.3, 0.4) is 0 Å². The number of halogens is 3. The van der Waals surface area contributed by atoms with Gasteiger partial charge in [0.05, 0.1) is 14.2 Å². The molecule has 8 heteroatoms.